The van der Waals surface area contributed by atoms with Crippen molar-refractivity contribution in [2.45, 2.75) is 39.2 Å². The molecule has 0 spiro atoms. The lowest BCUT2D eigenvalue weighted by molar-refractivity contribution is -0.135. The van der Waals surface area contributed by atoms with E-state index in [0.29, 0.717) is 6.54 Å². The molecule has 25 heavy (non-hydrogen) atoms. The van der Waals surface area contributed by atoms with Crippen molar-refractivity contribution in [2.75, 3.05) is 7.05 Å². The van der Waals surface area contributed by atoms with Crippen molar-refractivity contribution in [1.82, 2.24) is 15.1 Å². The minimum Gasteiger partial charge on any atom is -0.461 e. The molecule has 0 aliphatic heterocycles. The van der Waals surface area contributed by atoms with Gasteiger partial charge in [-0.15, -0.1) is 0 Å². The smallest absolute Gasteiger partial charge is 0.226 e. The average Bonchev–Trinajstić information content (AvgIpc) is 3.24. The molecule has 0 unspecified atom stereocenters. The third-order valence-corrected chi connectivity index (χ3v) is 5.24. The van der Waals surface area contributed by atoms with Crippen molar-refractivity contribution in [1.29, 1.82) is 0 Å². The highest BCUT2D eigenvalue weighted by atomic mass is 16.3. The van der Waals surface area contributed by atoms with E-state index in [1.54, 1.807) is 0 Å². The molecule has 1 aromatic carbocycles. The predicted octanol–water partition coefficient (Wildman–Crippen LogP) is 3.48. The highest BCUT2D eigenvalue weighted by Crippen LogP contribution is 2.29. The predicted molar refractivity (Wildman–Crippen MR) is 96.2 cm³/mol. The van der Waals surface area contributed by atoms with Crippen molar-refractivity contribution >= 4 is 16.9 Å². The Morgan fingerprint density at radius 1 is 1.40 bits per heavy atom. The summed E-state index contributed by atoms with van der Waals surface area (Å²) in [6.07, 6.45) is 5.24. The van der Waals surface area contributed by atoms with Crippen LogP contribution in [0.5, 0.6) is 0 Å². The number of aromatic amines is 1. The van der Waals surface area contributed by atoms with E-state index in [1.165, 1.54) is 11.3 Å². The molecule has 1 aliphatic rings. The normalized spacial score (nSPS) is 16.8. The Morgan fingerprint density at radius 2 is 2.24 bits per heavy atom. The van der Waals surface area contributed by atoms with E-state index in [4.69, 9.17) is 4.42 Å². The van der Waals surface area contributed by atoms with Crippen LogP contribution < -0.4 is 0 Å². The average molecular weight is 337 g/mol. The number of furan rings is 1. The van der Waals surface area contributed by atoms with E-state index >= 15 is 0 Å². The van der Waals surface area contributed by atoms with E-state index in [1.807, 2.05) is 36.3 Å². The summed E-state index contributed by atoms with van der Waals surface area (Å²) >= 11 is 0. The fourth-order valence-electron chi connectivity index (χ4n) is 3.86. The van der Waals surface area contributed by atoms with Crippen molar-refractivity contribution in [3.8, 4) is 0 Å². The maximum atomic E-state index is 13.0. The van der Waals surface area contributed by atoms with Gasteiger partial charge in [0, 0.05) is 42.6 Å². The fourth-order valence-corrected chi connectivity index (χ4v) is 3.86. The van der Waals surface area contributed by atoms with Crippen LogP contribution >= 0.6 is 0 Å². The Kier molecular flexibility index (Phi) is 4.07. The van der Waals surface area contributed by atoms with Gasteiger partial charge < -0.3 is 9.32 Å². The van der Waals surface area contributed by atoms with Gasteiger partial charge in [0.2, 0.25) is 5.91 Å². The molecule has 0 bridgehead atoms. The molecule has 5 heteroatoms. The second kappa shape index (κ2) is 6.39. The fraction of sp³-hybridized carbons (Fsp3) is 0.400. The quantitative estimate of drug-likeness (QED) is 0.793. The van der Waals surface area contributed by atoms with Crippen LogP contribution in [-0.4, -0.2) is 28.1 Å². The first-order chi connectivity index (χ1) is 12.2. The third kappa shape index (κ3) is 2.84. The van der Waals surface area contributed by atoms with Gasteiger partial charge in [-0.25, -0.2) is 0 Å². The van der Waals surface area contributed by atoms with Crippen LogP contribution in [0.3, 0.4) is 0 Å². The molecular formula is C20H23N3O2. The van der Waals surface area contributed by atoms with E-state index in [2.05, 4.69) is 23.2 Å². The number of rotatable bonds is 4. The second-order valence-electron chi connectivity index (χ2n) is 6.86. The highest BCUT2D eigenvalue weighted by molar-refractivity contribution is 5.84. The molecule has 4 rings (SSSR count). The number of benzene rings is 1. The van der Waals surface area contributed by atoms with Crippen LogP contribution in [0.4, 0.5) is 0 Å². The van der Waals surface area contributed by atoms with Gasteiger partial charge in [-0.2, -0.15) is 5.10 Å². The summed E-state index contributed by atoms with van der Waals surface area (Å²) in [5, 5.41) is 8.24. The minimum absolute atomic E-state index is 0.0401. The number of H-pyrrole nitrogens is 1. The molecule has 5 nitrogen and oxygen atoms in total. The van der Waals surface area contributed by atoms with Crippen LogP contribution in [0.15, 0.2) is 34.9 Å². The van der Waals surface area contributed by atoms with Gasteiger partial charge in [-0.3, -0.25) is 9.89 Å². The zero-order valence-corrected chi connectivity index (χ0v) is 14.7. The topological polar surface area (TPSA) is 62.1 Å². The maximum absolute atomic E-state index is 13.0. The Balaban J connectivity index is 1.54. The number of nitrogens with one attached hydrogen (secondary N) is 1. The van der Waals surface area contributed by atoms with Gasteiger partial charge in [0.15, 0.2) is 0 Å². The lowest BCUT2D eigenvalue weighted by Gasteiger charge is -2.26. The number of nitrogens with zero attached hydrogens (tertiary/aromatic N) is 2. The molecule has 130 valence electrons. The van der Waals surface area contributed by atoms with Crippen LogP contribution in [-0.2, 0) is 30.6 Å². The number of aromatic nitrogens is 2. The molecule has 1 amide bonds. The van der Waals surface area contributed by atoms with E-state index in [9.17, 15) is 4.79 Å². The van der Waals surface area contributed by atoms with Gasteiger partial charge in [0.25, 0.3) is 0 Å². The van der Waals surface area contributed by atoms with Gasteiger partial charge in [-0.05, 0) is 30.9 Å². The van der Waals surface area contributed by atoms with Crippen molar-refractivity contribution in [2.24, 2.45) is 5.92 Å². The van der Waals surface area contributed by atoms with Crippen molar-refractivity contribution < 1.29 is 9.21 Å². The number of aryl methyl sites for hydroxylation is 2. The molecule has 1 N–H and O–H groups in total. The summed E-state index contributed by atoms with van der Waals surface area (Å²) in [4.78, 5) is 14.8. The number of amides is 1. The number of hydrogen-bond donors (Lipinski definition) is 1. The highest BCUT2D eigenvalue weighted by Gasteiger charge is 2.28. The summed E-state index contributed by atoms with van der Waals surface area (Å²) in [6.45, 7) is 2.68. The second-order valence-corrected chi connectivity index (χ2v) is 6.86. The van der Waals surface area contributed by atoms with Gasteiger partial charge in [-0.1, -0.05) is 25.1 Å². The van der Waals surface area contributed by atoms with Crippen LogP contribution in [0, 0.1) is 5.92 Å². The van der Waals surface area contributed by atoms with E-state index in [-0.39, 0.29) is 11.8 Å². The van der Waals surface area contributed by atoms with Crippen molar-refractivity contribution in [3.63, 3.8) is 0 Å². The number of carbonyl (C=O) groups excluding carboxylic acids is 1. The molecule has 3 aromatic rings. The number of fused-ring (bicyclic) bond motifs is 2. The van der Waals surface area contributed by atoms with Crippen molar-refractivity contribution in [3.05, 3.63) is 53.0 Å². The number of para-hydroxylation sites is 1. The SMILES string of the molecule is CCc1oc2ccccc2c1CN(C)C(=O)[C@H]1CCc2[nH]ncc2C1. The molecule has 0 saturated heterocycles. The first-order valence-corrected chi connectivity index (χ1v) is 8.92. The molecule has 1 aliphatic carbocycles. The Labute approximate surface area is 147 Å². The summed E-state index contributed by atoms with van der Waals surface area (Å²) in [5.74, 6) is 1.22. The zero-order chi connectivity index (χ0) is 17.4. The monoisotopic (exact) mass is 337 g/mol. The Bertz CT molecular complexity index is 909. The van der Waals surface area contributed by atoms with Crippen LogP contribution in [0.1, 0.15) is 35.9 Å². The first-order valence-electron chi connectivity index (χ1n) is 8.92. The van der Waals surface area contributed by atoms with Gasteiger partial charge >= 0.3 is 0 Å². The molecule has 2 aromatic heterocycles. The molecular weight excluding hydrogens is 314 g/mol. The van der Waals surface area contributed by atoms with Gasteiger partial charge in [0.05, 0.1) is 6.20 Å². The minimum atomic E-state index is 0.0401. The van der Waals surface area contributed by atoms with Gasteiger partial charge in [0.1, 0.15) is 11.3 Å². The lowest BCUT2D eigenvalue weighted by atomic mass is 9.87. The molecule has 2 heterocycles. The molecule has 0 radical (unpaired) electrons. The molecule has 1 atom stereocenters. The largest absolute Gasteiger partial charge is 0.461 e. The Morgan fingerprint density at radius 3 is 3.08 bits per heavy atom. The Hall–Kier alpha value is -2.56. The summed E-state index contributed by atoms with van der Waals surface area (Å²) < 4.78 is 5.96. The summed E-state index contributed by atoms with van der Waals surface area (Å²) in [6, 6.07) is 8.06. The molecule has 0 saturated carbocycles. The lowest BCUT2D eigenvalue weighted by Crippen LogP contribution is -2.35. The first kappa shape index (κ1) is 15.9. The summed E-state index contributed by atoms with van der Waals surface area (Å²) in [7, 11) is 1.90. The van der Waals surface area contributed by atoms with E-state index < -0.39 is 0 Å². The summed E-state index contributed by atoms with van der Waals surface area (Å²) in [5.41, 5.74) is 4.39. The number of hydrogen-bond acceptors (Lipinski definition) is 3. The standard InChI is InChI=1S/C20H23N3O2/c1-3-18-16(15-6-4-5-7-19(15)25-18)12-23(2)20(24)13-8-9-17-14(10-13)11-21-22-17/h4-7,11,13H,3,8-10,12H2,1-2H3,(H,21,22)/t13-/m0/s1. The maximum Gasteiger partial charge on any atom is 0.226 e. The zero-order valence-electron chi connectivity index (χ0n) is 14.7. The van der Waals surface area contributed by atoms with Crippen LogP contribution in [0.25, 0.3) is 11.0 Å². The third-order valence-electron chi connectivity index (χ3n) is 5.24. The molecule has 0 fully saturated rings. The number of carbonyl (C=O) groups is 1. The van der Waals surface area contributed by atoms with E-state index in [0.717, 1.165) is 48.0 Å². The van der Waals surface area contributed by atoms with Crippen LogP contribution in [0.2, 0.25) is 0 Å².